The zero-order chi connectivity index (χ0) is 12.8. The Labute approximate surface area is 101 Å². The summed E-state index contributed by atoms with van der Waals surface area (Å²) in [6.07, 6.45) is 2.79. The molecule has 0 aliphatic carbocycles. The first-order chi connectivity index (χ1) is 7.39. The van der Waals surface area contributed by atoms with E-state index in [-0.39, 0.29) is 10.5 Å². The maximum atomic E-state index is 12.0. The Bertz CT molecular complexity index is 271. The van der Waals surface area contributed by atoms with E-state index in [0.717, 1.165) is 12.8 Å². The van der Waals surface area contributed by atoms with E-state index in [2.05, 4.69) is 19.2 Å². The predicted molar refractivity (Wildman–Crippen MR) is 70.5 cm³/mol. The molecule has 0 saturated carbocycles. The second-order valence-electron chi connectivity index (χ2n) is 4.54. The van der Waals surface area contributed by atoms with Crippen molar-refractivity contribution < 1.29 is 8.42 Å². The van der Waals surface area contributed by atoms with E-state index in [1.165, 1.54) is 0 Å². The minimum atomic E-state index is -2.96. The van der Waals surface area contributed by atoms with Crippen LogP contribution in [-0.2, 0) is 9.84 Å². The lowest BCUT2D eigenvalue weighted by Crippen LogP contribution is -2.39. The Morgan fingerprint density at radius 1 is 0.938 bits per heavy atom. The molecule has 0 spiro atoms. The molecule has 3 nitrogen and oxygen atoms in total. The second kappa shape index (κ2) is 7.28. The molecular weight excluding hydrogens is 222 g/mol. The molecule has 0 fully saturated rings. The highest BCUT2D eigenvalue weighted by atomic mass is 32.2. The first-order valence-corrected chi connectivity index (χ1v) is 7.97. The predicted octanol–water partition coefficient (Wildman–Crippen LogP) is 2.37. The fourth-order valence-corrected chi connectivity index (χ4v) is 3.24. The number of nitrogens with one attached hydrogen (secondary N) is 1. The second-order valence-corrected chi connectivity index (χ2v) is 7.33. The Kier molecular flexibility index (Phi) is 7.24. The molecule has 0 aliphatic heterocycles. The Morgan fingerprint density at radius 3 is 1.81 bits per heavy atom. The van der Waals surface area contributed by atoms with Crippen LogP contribution in [0.5, 0.6) is 0 Å². The van der Waals surface area contributed by atoms with Crippen LogP contribution in [0.3, 0.4) is 0 Å². The van der Waals surface area contributed by atoms with E-state index >= 15 is 0 Å². The van der Waals surface area contributed by atoms with Gasteiger partial charge in [0.05, 0.1) is 10.5 Å². The minimum Gasteiger partial charge on any atom is -0.313 e. The van der Waals surface area contributed by atoms with Gasteiger partial charge in [0, 0.05) is 12.6 Å². The van der Waals surface area contributed by atoms with E-state index in [0.29, 0.717) is 19.0 Å². The van der Waals surface area contributed by atoms with Gasteiger partial charge in [0.1, 0.15) is 0 Å². The summed E-state index contributed by atoms with van der Waals surface area (Å²) in [7, 11) is -2.96. The number of hydrogen-bond donors (Lipinski definition) is 1. The molecule has 4 heteroatoms. The van der Waals surface area contributed by atoms with Crippen molar-refractivity contribution in [2.24, 2.45) is 0 Å². The van der Waals surface area contributed by atoms with Crippen LogP contribution < -0.4 is 5.32 Å². The minimum absolute atomic E-state index is 0.231. The third-order valence-corrected chi connectivity index (χ3v) is 6.12. The zero-order valence-electron chi connectivity index (χ0n) is 11.3. The Hall–Kier alpha value is -0.0900. The summed E-state index contributed by atoms with van der Waals surface area (Å²) in [5.41, 5.74) is 0. The molecule has 0 radical (unpaired) electrons. The highest BCUT2D eigenvalue weighted by Crippen LogP contribution is 2.12. The van der Waals surface area contributed by atoms with Crippen LogP contribution in [0.4, 0.5) is 0 Å². The molecule has 0 amide bonds. The summed E-state index contributed by atoms with van der Waals surface area (Å²) in [5.74, 6) is 0. The average molecular weight is 249 g/mol. The number of rotatable bonds is 8. The first-order valence-electron chi connectivity index (χ1n) is 6.36. The third kappa shape index (κ3) is 4.42. The van der Waals surface area contributed by atoms with Crippen LogP contribution in [0.15, 0.2) is 0 Å². The van der Waals surface area contributed by atoms with E-state index in [9.17, 15) is 8.42 Å². The lowest BCUT2D eigenvalue weighted by atomic mass is 10.2. The molecule has 2 atom stereocenters. The van der Waals surface area contributed by atoms with E-state index in [1.807, 2.05) is 6.92 Å². The Balaban J connectivity index is 4.30. The highest BCUT2D eigenvalue weighted by Gasteiger charge is 2.26. The fraction of sp³-hybridized carbons (Fsp3) is 1.00. The van der Waals surface area contributed by atoms with Crippen LogP contribution in [0.2, 0.25) is 0 Å². The maximum Gasteiger partial charge on any atom is 0.156 e. The van der Waals surface area contributed by atoms with Gasteiger partial charge >= 0.3 is 0 Å². The van der Waals surface area contributed by atoms with Crippen molar-refractivity contribution in [1.29, 1.82) is 0 Å². The lowest BCUT2D eigenvalue weighted by Gasteiger charge is -2.21. The summed E-state index contributed by atoms with van der Waals surface area (Å²) < 4.78 is 24.0. The topological polar surface area (TPSA) is 46.2 Å². The molecule has 2 unspecified atom stereocenters. The molecule has 0 bridgehead atoms. The first kappa shape index (κ1) is 15.9. The van der Waals surface area contributed by atoms with Crippen molar-refractivity contribution in [3.8, 4) is 0 Å². The highest BCUT2D eigenvalue weighted by molar-refractivity contribution is 7.92. The van der Waals surface area contributed by atoms with Crippen molar-refractivity contribution >= 4 is 9.84 Å². The largest absolute Gasteiger partial charge is 0.313 e. The van der Waals surface area contributed by atoms with E-state index < -0.39 is 9.84 Å². The van der Waals surface area contributed by atoms with Gasteiger partial charge in [-0.05, 0) is 33.1 Å². The molecule has 0 rings (SSSR count). The monoisotopic (exact) mass is 249 g/mol. The van der Waals surface area contributed by atoms with Crippen LogP contribution in [-0.4, -0.2) is 31.5 Å². The molecule has 0 saturated heterocycles. The van der Waals surface area contributed by atoms with Gasteiger partial charge in [-0.25, -0.2) is 8.42 Å². The van der Waals surface area contributed by atoms with Crippen LogP contribution in [0.25, 0.3) is 0 Å². The van der Waals surface area contributed by atoms with Crippen LogP contribution in [0.1, 0.15) is 53.9 Å². The lowest BCUT2D eigenvalue weighted by molar-refractivity contribution is 0.478. The standard InChI is InChI=1S/C12H27NO2S/c1-6-10(4)16(14,15)11(5)9-13-12(7-2)8-3/h10-13H,6-9H2,1-5H3. The van der Waals surface area contributed by atoms with Gasteiger partial charge in [0.15, 0.2) is 9.84 Å². The van der Waals surface area contributed by atoms with E-state index in [1.54, 1.807) is 13.8 Å². The average Bonchev–Trinajstić information content (AvgIpc) is 2.28. The molecular formula is C12H27NO2S. The molecule has 1 N–H and O–H groups in total. The van der Waals surface area contributed by atoms with Gasteiger partial charge in [-0.3, -0.25) is 0 Å². The third-order valence-electron chi connectivity index (χ3n) is 3.38. The van der Waals surface area contributed by atoms with Crippen molar-refractivity contribution in [1.82, 2.24) is 5.32 Å². The molecule has 98 valence electrons. The van der Waals surface area contributed by atoms with Crippen molar-refractivity contribution in [3.05, 3.63) is 0 Å². The summed E-state index contributed by atoms with van der Waals surface area (Å²) >= 11 is 0. The van der Waals surface area contributed by atoms with Gasteiger partial charge in [0.25, 0.3) is 0 Å². The SMILES string of the molecule is CCC(CC)NCC(C)S(=O)(=O)C(C)CC. The normalized spacial score (nSPS) is 16.4. The van der Waals surface area contributed by atoms with E-state index in [4.69, 9.17) is 0 Å². The summed E-state index contributed by atoms with van der Waals surface area (Å²) in [5, 5.41) is 2.81. The molecule has 0 aromatic rings. The zero-order valence-corrected chi connectivity index (χ0v) is 12.1. The quantitative estimate of drug-likeness (QED) is 0.718. The van der Waals surface area contributed by atoms with Crippen molar-refractivity contribution in [2.75, 3.05) is 6.54 Å². The molecule has 16 heavy (non-hydrogen) atoms. The maximum absolute atomic E-state index is 12.0. The summed E-state index contributed by atoms with van der Waals surface area (Å²) in [4.78, 5) is 0. The molecule has 0 aromatic carbocycles. The van der Waals surface area contributed by atoms with Gasteiger partial charge in [-0.15, -0.1) is 0 Å². The van der Waals surface area contributed by atoms with Gasteiger partial charge in [-0.2, -0.15) is 0 Å². The number of hydrogen-bond acceptors (Lipinski definition) is 3. The van der Waals surface area contributed by atoms with Gasteiger partial charge in [0.2, 0.25) is 0 Å². The number of sulfone groups is 1. The Morgan fingerprint density at radius 2 is 1.44 bits per heavy atom. The summed E-state index contributed by atoms with van der Waals surface area (Å²) in [6.45, 7) is 10.3. The van der Waals surface area contributed by atoms with Crippen LogP contribution in [0, 0.1) is 0 Å². The van der Waals surface area contributed by atoms with Crippen LogP contribution >= 0.6 is 0 Å². The smallest absolute Gasteiger partial charge is 0.156 e. The molecule has 0 aromatic heterocycles. The molecule has 0 heterocycles. The van der Waals surface area contributed by atoms with Gasteiger partial charge in [-0.1, -0.05) is 20.8 Å². The fourth-order valence-electron chi connectivity index (χ4n) is 1.66. The van der Waals surface area contributed by atoms with Gasteiger partial charge < -0.3 is 5.32 Å². The van der Waals surface area contributed by atoms with Crippen molar-refractivity contribution in [2.45, 2.75) is 70.4 Å². The summed E-state index contributed by atoms with van der Waals surface area (Å²) in [6, 6.07) is 0.439. The van der Waals surface area contributed by atoms with Crippen molar-refractivity contribution in [3.63, 3.8) is 0 Å². The molecule has 0 aliphatic rings.